The third-order valence-corrected chi connectivity index (χ3v) is 5.44. The molecule has 0 fully saturated rings. The average molecular weight is 325 g/mol. The molecule has 0 aliphatic carbocycles. The number of benzene rings is 1. The first-order valence-electron chi connectivity index (χ1n) is 6.25. The molecule has 0 spiro atoms. The largest absolute Gasteiger partial charge is 0.480 e. The van der Waals surface area contributed by atoms with Crippen LogP contribution in [0.1, 0.15) is 18.1 Å². The number of carbonyl (C=O) groups is 1. The van der Waals surface area contributed by atoms with E-state index in [4.69, 9.17) is 0 Å². The molecule has 0 amide bonds. The minimum Gasteiger partial charge on any atom is -0.480 e. The Morgan fingerprint density at radius 3 is 2.52 bits per heavy atom. The van der Waals surface area contributed by atoms with Crippen LogP contribution in [-0.2, 0) is 21.1 Å². The molecule has 0 radical (unpaired) electrons. The standard InChI is InChI=1S/C14H16NO4PS/c1-14(13(16)17,12-7-8-21-10-12)15-20(18,19)9-11-5-3-2-4-6-11/h2-8,10H,9H2,1H3,(H,16,17)(H2,15,18,19). The predicted octanol–water partition coefficient (Wildman–Crippen LogP) is 3.02. The van der Waals surface area contributed by atoms with Crippen molar-refractivity contribution in [3.63, 3.8) is 0 Å². The maximum absolute atomic E-state index is 12.4. The van der Waals surface area contributed by atoms with Crippen LogP contribution in [0.3, 0.4) is 0 Å². The minimum absolute atomic E-state index is 0.124. The van der Waals surface area contributed by atoms with Crippen LogP contribution in [0.4, 0.5) is 0 Å². The van der Waals surface area contributed by atoms with Crippen LogP contribution in [0, 0.1) is 0 Å². The van der Waals surface area contributed by atoms with Gasteiger partial charge in [0, 0.05) is 0 Å². The van der Waals surface area contributed by atoms with Crippen LogP contribution < -0.4 is 5.09 Å². The van der Waals surface area contributed by atoms with E-state index in [0.717, 1.165) is 0 Å². The number of aliphatic carboxylic acids is 1. The van der Waals surface area contributed by atoms with E-state index in [1.54, 1.807) is 41.1 Å². The first-order chi connectivity index (χ1) is 9.83. The predicted molar refractivity (Wildman–Crippen MR) is 82.4 cm³/mol. The minimum atomic E-state index is -3.86. The molecular weight excluding hydrogens is 309 g/mol. The highest BCUT2D eigenvalue weighted by Crippen LogP contribution is 2.44. The summed E-state index contributed by atoms with van der Waals surface area (Å²) in [6, 6.07) is 10.4. The van der Waals surface area contributed by atoms with E-state index in [1.165, 1.54) is 18.3 Å². The Bertz CT molecular complexity index is 659. The number of hydrogen-bond donors (Lipinski definition) is 3. The fraction of sp³-hybridized carbons (Fsp3) is 0.214. The third-order valence-electron chi connectivity index (χ3n) is 3.16. The van der Waals surface area contributed by atoms with E-state index in [-0.39, 0.29) is 6.16 Å². The van der Waals surface area contributed by atoms with Crippen LogP contribution in [0.2, 0.25) is 0 Å². The van der Waals surface area contributed by atoms with Crippen molar-refractivity contribution in [3.8, 4) is 0 Å². The van der Waals surface area contributed by atoms with Crippen molar-refractivity contribution < 1.29 is 19.4 Å². The number of hydrogen-bond acceptors (Lipinski definition) is 3. The lowest BCUT2D eigenvalue weighted by Crippen LogP contribution is -2.44. The van der Waals surface area contributed by atoms with Crippen molar-refractivity contribution in [1.82, 2.24) is 5.09 Å². The van der Waals surface area contributed by atoms with Crippen LogP contribution in [0.25, 0.3) is 0 Å². The van der Waals surface area contributed by atoms with Gasteiger partial charge < -0.3 is 10.00 Å². The van der Waals surface area contributed by atoms with E-state index >= 15 is 0 Å². The molecule has 0 aliphatic heterocycles. The summed E-state index contributed by atoms with van der Waals surface area (Å²) >= 11 is 1.34. The summed E-state index contributed by atoms with van der Waals surface area (Å²) < 4.78 is 12.4. The van der Waals surface area contributed by atoms with E-state index in [9.17, 15) is 19.4 Å². The van der Waals surface area contributed by atoms with Crippen LogP contribution in [0.15, 0.2) is 47.2 Å². The summed E-state index contributed by atoms with van der Waals surface area (Å²) in [6.45, 7) is 1.39. The Labute approximate surface area is 126 Å². The fourth-order valence-corrected chi connectivity index (χ4v) is 4.48. The van der Waals surface area contributed by atoms with Crippen LogP contribution in [0.5, 0.6) is 0 Å². The van der Waals surface area contributed by atoms with Gasteiger partial charge in [0.1, 0.15) is 5.54 Å². The zero-order valence-corrected chi connectivity index (χ0v) is 13.1. The fourth-order valence-electron chi connectivity index (χ4n) is 2.00. The number of rotatable bonds is 6. The Morgan fingerprint density at radius 1 is 1.33 bits per heavy atom. The topological polar surface area (TPSA) is 86.6 Å². The Balaban J connectivity index is 2.24. The number of carboxylic acids is 1. The summed E-state index contributed by atoms with van der Waals surface area (Å²) in [7, 11) is -3.86. The molecule has 0 bridgehead atoms. The maximum Gasteiger partial charge on any atom is 0.328 e. The molecular formula is C14H16NO4PS. The lowest BCUT2D eigenvalue weighted by Gasteiger charge is -2.28. The molecule has 0 aliphatic rings. The summed E-state index contributed by atoms with van der Waals surface area (Å²) in [5, 5.41) is 15.3. The number of thiophene rings is 1. The third kappa shape index (κ3) is 3.80. The summed E-state index contributed by atoms with van der Waals surface area (Å²) in [5.41, 5.74) is -0.463. The first kappa shape index (κ1) is 15.9. The second kappa shape index (κ2) is 6.12. The number of carboxylic acid groups (broad SMARTS) is 1. The quantitative estimate of drug-likeness (QED) is 0.711. The van der Waals surface area contributed by atoms with Crippen molar-refractivity contribution in [2.75, 3.05) is 0 Å². The van der Waals surface area contributed by atoms with Gasteiger partial charge in [0.15, 0.2) is 0 Å². The maximum atomic E-state index is 12.4. The van der Waals surface area contributed by atoms with Gasteiger partial charge >= 0.3 is 5.97 Å². The lowest BCUT2D eigenvalue weighted by atomic mass is 9.97. The molecule has 2 rings (SSSR count). The molecule has 2 unspecified atom stereocenters. The Kier molecular flexibility index (Phi) is 4.64. The highest BCUT2D eigenvalue weighted by atomic mass is 32.1. The molecule has 3 N–H and O–H groups in total. The molecule has 1 heterocycles. The highest BCUT2D eigenvalue weighted by molar-refractivity contribution is 7.55. The van der Waals surface area contributed by atoms with Crippen molar-refractivity contribution >= 4 is 24.8 Å². The van der Waals surface area contributed by atoms with Crippen LogP contribution >= 0.6 is 18.9 Å². The molecule has 2 atom stereocenters. The highest BCUT2D eigenvalue weighted by Gasteiger charge is 2.41. The van der Waals surface area contributed by atoms with E-state index in [2.05, 4.69) is 5.09 Å². The van der Waals surface area contributed by atoms with Gasteiger partial charge in [-0.3, -0.25) is 4.57 Å². The lowest BCUT2D eigenvalue weighted by molar-refractivity contribution is -0.143. The second-order valence-corrected chi connectivity index (χ2v) is 7.62. The van der Waals surface area contributed by atoms with Crippen LogP contribution in [-0.4, -0.2) is 16.0 Å². The van der Waals surface area contributed by atoms with Gasteiger partial charge in [-0.15, -0.1) is 0 Å². The van der Waals surface area contributed by atoms with Crippen molar-refractivity contribution in [2.24, 2.45) is 0 Å². The first-order valence-corrected chi connectivity index (χ1v) is 9.03. The molecule has 7 heteroatoms. The molecule has 2 aromatic rings. The summed E-state index contributed by atoms with van der Waals surface area (Å²) in [4.78, 5) is 21.7. The summed E-state index contributed by atoms with van der Waals surface area (Å²) in [5.74, 6) is -1.19. The van der Waals surface area contributed by atoms with E-state index in [1.807, 2.05) is 6.07 Å². The van der Waals surface area contributed by atoms with E-state index in [0.29, 0.717) is 11.1 Å². The van der Waals surface area contributed by atoms with Gasteiger partial charge in [0.25, 0.3) is 7.52 Å². The SMILES string of the molecule is CC(NP(=O)(O)Cc1ccccc1)(C(=O)O)c1ccsc1. The van der Waals surface area contributed by atoms with E-state index < -0.39 is 19.0 Å². The zero-order valence-electron chi connectivity index (χ0n) is 11.4. The Hall–Kier alpha value is -1.46. The molecule has 1 aromatic carbocycles. The average Bonchev–Trinajstić information content (AvgIpc) is 2.92. The zero-order chi connectivity index (χ0) is 15.5. The monoisotopic (exact) mass is 325 g/mol. The van der Waals surface area contributed by atoms with Crippen molar-refractivity contribution in [3.05, 3.63) is 58.3 Å². The molecule has 1 aromatic heterocycles. The normalized spacial score (nSPS) is 16.9. The molecule has 112 valence electrons. The molecule has 0 saturated carbocycles. The van der Waals surface area contributed by atoms with Crippen molar-refractivity contribution in [2.45, 2.75) is 18.6 Å². The smallest absolute Gasteiger partial charge is 0.328 e. The Morgan fingerprint density at radius 2 is 2.00 bits per heavy atom. The summed E-state index contributed by atoms with van der Waals surface area (Å²) in [6.07, 6.45) is -0.124. The molecule has 0 saturated heterocycles. The van der Waals surface area contributed by atoms with Gasteiger partial charge in [-0.2, -0.15) is 11.3 Å². The van der Waals surface area contributed by atoms with Gasteiger partial charge in [0.2, 0.25) is 0 Å². The molecule has 21 heavy (non-hydrogen) atoms. The van der Waals surface area contributed by atoms with Gasteiger partial charge in [-0.25, -0.2) is 9.88 Å². The molecule has 5 nitrogen and oxygen atoms in total. The number of nitrogens with one attached hydrogen (secondary N) is 1. The van der Waals surface area contributed by atoms with Gasteiger partial charge in [-0.05, 0) is 34.9 Å². The van der Waals surface area contributed by atoms with Gasteiger partial charge in [0.05, 0.1) is 6.16 Å². The van der Waals surface area contributed by atoms with Gasteiger partial charge in [-0.1, -0.05) is 30.3 Å². The second-order valence-electron chi connectivity index (χ2n) is 4.90. The van der Waals surface area contributed by atoms with Crippen molar-refractivity contribution in [1.29, 1.82) is 0 Å².